The average Bonchev–Trinajstić information content (AvgIpc) is 2.53. The van der Waals surface area contributed by atoms with Crippen molar-refractivity contribution in [1.82, 2.24) is 4.90 Å². The second-order valence-corrected chi connectivity index (χ2v) is 4.91. The summed E-state index contributed by atoms with van der Waals surface area (Å²) in [5.74, 6) is 1.49. The molecule has 1 amide bonds. The first-order valence-corrected chi connectivity index (χ1v) is 7.20. The molecule has 0 aromatic heterocycles. The fraction of sp³-hybridized carbons (Fsp3) is 0.235. The van der Waals surface area contributed by atoms with E-state index >= 15 is 0 Å². The molecule has 0 saturated carbocycles. The number of hydrogen-bond donors (Lipinski definition) is 1. The molecule has 1 aliphatic heterocycles. The molecular formula is C17H18N2O2. The summed E-state index contributed by atoms with van der Waals surface area (Å²) in [6.45, 7) is 5.37. The fourth-order valence-corrected chi connectivity index (χ4v) is 2.46. The molecule has 1 aliphatic rings. The van der Waals surface area contributed by atoms with E-state index in [2.05, 4.69) is 5.32 Å². The molecule has 0 saturated heterocycles. The van der Waals surface area contributed by atoms with Crippen LogP contribution >= 0.6 is 0 Å². The van der Waals surface area contributed by atoms with Crippen LogP contribution in [0, 0.1) is 0 Å². The highest BCUT2D eigenvalue weighted by molar-refractivity contribution is 5.95. The molecular weight excluding hydrogens is 264 g/mol. The molecule has 2 aromatic carbocycles. The monoisotopic (exact) mass is 282 g/mol. The zero-order valence-electron chi connectivity index (χ0n) is 12.2. The van der Waals surface area contributed by atoms with Gasteiger partial charge in [-0.1, -0.05) is 12.1 Å². The molecule has 21 heavy (non-hydrogen) atoms. The van der Waals surface area contributed by atoms with Crippen molar-refractivity contribution in [2.45, 2.75) is 13.8 Å². The predicted molar refractivity (Wildman–Crippen MR) is 83.5 cm³/mol. The lowest BCUT2D eigenvalue weighted by atomic mass is 10.1. The summed E-state index contributed by atoms with van der Waals surface area (Å²) in [6, 6.07) is 13.3. The number of rotatable bonds is 3. The van der Waals surface area contributed by atoms with Gasteiger partial charge in [0.15, 0.2) is 11.5 Å². The maximum Gasteiger partial charge on any atom is 0.253 e. The zero-order valence-corrected chi connectivity index (χ0v) is 12.2. The van der Waals surface area contributed by atoms with Gasteiger partial charge >= 0.3 is 0 Å². The van der Waals surface area contributed by atoms with Gasteiger partial charge in [-0.3, -0.25) is 4.79 Å². The normalized spacial score (nSPS) is 11.7. The Bertz CT molecular complexity index is 678. The summed E-state index contributed by atoms with van der Waals surface area (Å²) >= 11 is 0. The predicted octanol–water partition coefficient (Wildman–Crippen LogP) is 4.02. The van der Waals surface area contributed by atoms with Crippen LogP contribution in [0.5, 0.6) is 11.5 Å². The van der Waals surface area contributed by atoms with E-state index in [-0.39, 0.29) is 5.91 Å². The van der Waals surface area contributed by atoms with Crippen LogP contribution in [0.2, 0.25) is 0 Å². The fourth-order valence-electron chi connectivity index (χ4n) is 2.46. The summed E-state index contributed by atoms with van der Waals surface area (Å²) in [6.07, 6.45) is 0. The van der Waals surface area contributed by atoms with Crippen LogP contribution in [0.4, 0.5) is 11.4 Å². The van der Waals surface area contributed by atoms with E-state index in [1.165, 1.54) is 0 Å². The zero-order chi connectivity index (χ0) is 14.8. The second kappa shape index (κ2) is 5.48. The molecule has 0 bridgehead atoms. The molecule has 4 nitrogen and oxygen atoms in total. The highest BCUT2D eigenvalue weighted by Gasteiger charge is 2.19. The van der Waals surface area contributed by atoms with Crippen molar-refractivity contribution in [3.8, 4) is 11.5 Å². The number of amides is 1. The van der Waals surface area contributed by atoms with Crippen molar-refractivity contribution >= 4 is 17.3 Å². The average molecular weight is 282 g/mol. The largest absolute Gasteiger partial charge is 0.453 e. The lowest BCUT2D eigenvalue weighted by molar-refractivity contribution is 0.0772. The second-order valence-electron chi connectivity index (χ2n) is 4.91. The van der Waals surface area contributed by atoms with Gasteiger partial charge in [-0.25, -0.2) is 0 Å². The molecule has 108 valence electrons. The third-order valence-electron chi connectivity index (χ3n) is 3.66. The number of carbonyl (C=O) groups excluding carboxylic acids is 1. The minimum atomic E-state index is 0.0326. The minimum absolute atomic E-state index is 0.0326. The van der Waals surface area contributed by atoms with Gasteiger partial charge in [0.1, 0.15) is 0 Å². The molecule has 0 unspecified atom stereocenters. The standard InChI is InChI=1S/C17H18N2O2/c1-3-19(4-2)17(20)12-9-10-14-16(11-12)21-15-8-6-5-7-13(15)18-14/h5-11,18H,3-4H2,1-2H3. The Morgan fingerprint density at radius 1 is 1.05 bits per heavy atom. The van der Waals surface area contributed by atoms with Gasteiger partial charge in [0.05, 0.1) is 11.4 Å². The molecule has 4 heteroatoms. The lowest BCUT2D eigenvalue weighted by Gasteiger charge is -2.23. The molecule has 0 aliphatic carbocycles. The summed E-state index contributed by atoms with van der Waals surface area (Å²) in [5.41, 5.74) is 2.47. The van der Waals surface area contributed by atoms with Crippen molar-refractivity contribution in [1.29, 1.82) is 0 Å². The maximum atomic E-state index is 12.4. The molecule has 1 N–H and O–H groups in total. The van der Waals surface area contributed by atoms with E-state index in [4.69, 9.17) is 4.74 Å². The first kappa shape index (κ1) is 13.5. The number of nitrogens with zero attached hydrogens (tertiary/aromatic N) is 1. The number of nitrogens with one attached hydrogen (secondary N) is 1. The minimum Gasteiger partial charge on any atom is -0.453 e. The molecule has 1 heterocycles. The van der Waals surface area contributed by atoms with Gasteiger partial charge < -0.3 is 15.0 Å². The third kappa shape index (κ3) is 2.44. The van der Waals surface area contributed by atoms with Gasteiger partial charge in [0, 0.05) is 18.7 Å². The molecule has 3 rings (SSSR count). The highest BCUT2D eigenvalue weighted by atomic mass is 16.5. The van der Waals surface area contributed by atoms with Crippen LogP contribution in [-0.4, -0.2) is 23.9 Å². The Hall–Kier alpha value is -2.49. The van der Waals surface area contributed by atoms with Crippen molar-refractivity contribution in [2.75, 3.05) is 18.4 Å². The van der Waals surface area contributed by atoms with Crippen LogP contribution in [-0.2, 0) is 0 Å². The Kier molecular flexibility index (Phi) is 3.52. The van der Waals surface area contributed by atoms with E-state index in [1.54, 1.807) is 11.0 Å². The number of hydrogen-bond acceptors (Lipinski definition) is 3. The lowest BCUT2D eigenvalue weighted by Crippen LogP contribution is -2.30. The maximum absolute atomic E-state index is 12.4. The first-order chi connectivity index (χ1) is 10.2. The van der Waals surface area contributed by atoms with Crippen molar-refractivity contribution < 1.29 is 9.53 Å². The Labute approximate surface area is 124 Å². The topological polar surface area (TPSA) is 41.6 Å². The smallest absolute Gasteiger partial charge is 0.253 e. The molecule has 2 aromatic rings. The number of ether oxygens (including phenoxy) is 1. The van der Waals surface area contributed by atoms with Crippen LogP contribution in [0.3, 0.4) is 0 Å². The SMILES string of the molecule is CCN(CC)C(=O)c1ccc2c(c1)Oc1ccccc1N2. The summed E-state index contributed by atoms with van der Waals surface area (Å²) in [4.78, 5) is 14.2. The van der Waals surface area contributed by atoms with E-state index in [1.807, 2.05) is 50.2 Å². The number of anilines is 2. The summed E-state index contributed by atoms with van der Waals surface area (Å²) in [5, 5.41) is 3.31. The molecule has 0 atom stereocenters. The molecule has 0 spiro atoms. The number of benzene rings is 2. The number of fused-ring (bicyclic) bond motifs is 2. The van der Waals surface area contributed by atoms with Crippen molar-refractivity contribution in [3.63, 3.8) is 0 Å². The Morgan fingerprint density at radius 2 is 1.76 bits per heavy atom. The van der Waals surface area contributed by atoms with E-state index in [9.17, 15) is 4.79 Å². The molecule has 0 radical (unpaired) electrons. The van der Waals surface area contributed by atoms with E-state index in [0.29, 0.717) is 24.4 Å². The molecule has 0 fully saturated rings. The third-order valence-corrected chi connectivity index (χ3v) is 3.66. The Morgan fingerprint density at radius 3 is 2.52 bits per heavy atom. The van der Waals surface area contributed by atoms with Crippen LogP contribution in [0.15, 0.2) is 42.5 Å². The van der Waals surface area contributed by atoms with Gasteiger partial charge in [-0.2, -0.15) is 0 Å². The van der Waals surface area contributed by atoms with E-state index < -0.39 is 0 Å². The summed E-state index contributed by atoms with van der Waals surface area (Å²) in [7, 11) is 0. The van der Waals surface area contributed by atoms with Crippen LogP contribution in [0.1, 0.15) is 24.2 Å². The van der Waals surface area contributed by atoms with Gasteiger partial charge in [-0.15, -0.1) is 0 Å². The van der Waals surface area contributed by atoms with E-state index in [0.717, 1.165) is 17.1 Å². The van der Waals surface area contributed by atoms with Crippen molar-refractivity contribution in [3.05, 3.63) is 48.0 Å². The van der Waals surface area contributed by atoms with Crippen LogP contribution in [0.25, 0.3) is 0 Å². The first-order valence-electron chi connectivity index (χ1n) is 7.20. The number of para-hydroxylation sites is 2. The van der Waals surface area contributed by atoms with Gasteiger partial charge in [0.25, 0.3) is 5.91 Å². The van der Waals surface area contributed by atoms with Crippen molar-refractivity contribution in [2.24, 2.45) is 0 Å². The van der Waals surface area contributed by atoms with Gasteiger partial charge in [-0.05, 0) is 44.2 Å². The highest BCUT2D eigenvalue weighted by Crippen LogP contribution is 2.41. The quantitative estimate of drug-likeness (QED) is 0.789. The summed E-state index contributed by atoms with van der Waals surface area (Å²) < 4.78 is 5.88. The van der Waals surface area contributed by atoms with Gasteiger partial charge in [0.2, 0.25) is 0 Å². The number of carbonyl (C=O) groups is 1. The van der Waals surface area contributed by atoms with Crippen LogP contribution < -0.4 is 10.1 Å². The Balaban J connectivity index is 1.92.